The molecule has 0 saturated carbocycles. The molecule has 0 saturated heterocycles. The normalized spacial score (nSPS) is 15.4. The van der Waals surface area contributed by atoms with Crippen molar-refractivity contribution in [2.45, 2.75) is 13.0 Å². The monoisotopic (exact) mass is 593 g/mol. The first-order valence-electron chi connectivity index (χ1n) is 11.7. The Morgan fingerprint density at radius 1 is 1.16 bits per heavy atom. The highest BCUT2D eigenvalue weighted by molar-refractivity contribution is 9.10. The van der Waals surface area contributed by atoms with E-state index in [0.29, 0.717) is 20.6 Å². The number of benzene rings is 2. The Hall–Kier alpha value is -3.27. The van der Waals surface area contributed by atoms with Gasteiger partial charge < -0.3 is 9.64 Å². The molecule has 0 spiro atoms. The van der Waals surface area contributed by atoms with Gasteiger partial charge in [0.15, 0.2) is 4.80 Å². The van der Waals surface area contributed by atoms with Gasteiger partial charge in [0.1, 0.15) is 6.04 Å². The molecule has 0 aliphatic carbocycles. The zero-order valence-corrected chi connectivity index (χ0v) is 23.7. The fourth-order valence-corrected chi connectivity index (χ4v) is 6.86. The predicted molar refractivity (Wildman–Crippen MR) is 154 cm³/mol. The molecule has 0 amide bonds. The topological polar surface area (TPSA) is 63.9 Å². The second-order valence-electron chi connectivity index (χ2n) is 8.55. The highest BCUT2D eigenvalue weighted by atomic mass is 79.9. The summed E-state index contributed by atoms with van der Waals surface area (Å²) >= 11 is 6.45. The maximum absolute atomic E-state index is 13.8. The number of rotatable bonds is 6. The lowest BCUT2D eigenvalue weighted by molar-refractivity contribution is -0.138. The van der Waals surface area contributed by atoms with Crippen molar-refractivity contribution in [2.24, 2.45) is 4.99 Å². The van der Waals surface area contributed by atoms with Gasteiger partial charge >= 0.3 is 5.97 Å². The molecule has 0 unspecified atom stereocenters. The van der Waals surface area contributed by atoms with E-state index in [0.717, 1.165) is 26.2 Å². The van der Waals surface area contributed by atoms with E-state index in [1.807, 2.05) is 91.1 Å². The molecule has 5 rings (SSSR count). The van der Waals surface area contributed by atoms with Crippen LogP contribution in [-0.4, -0.2) is 31.2 Å². The van der Waals surface area contributed by atoms with Crippen molar-refractivity contribution in [3.8, 4) is 0 Å². The van der Waals surface area contributed by atoms with Crippen molar-refractivity contribution in [3.05, 3.63) is 112 Å². The van der Waals surface area contributed by atoms with Gasteiger partial charge in [0, 0.05) is 29.0 Å². The van der Waals surface area contributed by atoms with Gasteiger partial charge in [-0.3, -0.25) is 9.36 Å². The Bertz CT molecular complexity index is 1670. The molecule has 3 heterocycles. The number of carbonyl (C=O) groups excluding carboxylic acids is 1. The molecule has 1 aliphatic rings. The summed E-state index contributed by atoms with van der Waals surface area (Å²) in [5.74, 6) is -0.471. The lowest BCUT2D eigenvalue weighted by atomic mass is 9.97. The van der Waals surface area contributed by atoms with Gasteiger partial charge in [-0.2, -0.15) is 0 Å². The quantitative estimate of drug-likeness (QED) is 0.301. The maximum atomic E-state index is 13.8. The van der Waals surface area contributed by atoms with Crippen LogP contribution in [0.3, 0.4) is 0 Å². The number of ether oxygens (including phenoxy) is 1. The second kappa shape index (κ2) is 10.6. The highest BCUT2D eigenvalue weighted by Crippen LogP contribution is 2.36. The number of thiophene rings is 1. The zero-order valence-electron chi connectivity index (χ0n) is 20.5. The minimum atomic E-state index is -0.629. The summed E-state index contributed by atoms with van der Waals surface area (Å²) < 4.78 is 8.59. The SMILES string of the molecule is CCOC(=O)C1=C(c2ccccc2)N=c2s/c(=C\c3ccc(N(C)C)c(Br)c3)c(=O)n2[C@H]1c1cccs1. The molecule has 2 aromatic heterocycles. The highest BCUT2D eigenvalue weighted by Gasteiger charge is 2.35. The fourth-order valence-electron chi connectivity index (χ4n) is 4.28. The lowest BCUT2D eigenvalue weighted by Gasteiger charge is -2.24. The van der Waals surface area contributed by atoms with E-state index >= 15 is 0 Å². The van der Waals surface area contributed by atoms with E-state index < -0.39 is 12.0 Å². The number of thiazole rings is 1. The Balaban J connectivity index is 1.76. The number of anilines is 1. The third kappa shape index (κ3) is 4.86. The van der Waals surface area contributed by atoms with E-state index in [1.165, 1.54) is 22.7 Å². The van der Waals surface area contributed by atoms with Crippen LogP contribution >= 0.6 is 38.6 Å². The number of hydrogen-bond acceptors (Lipinski definition) is 7. The summed E-state index contributed by atoms with van der Waals surface area (Å²) in [5, 5.41) is 1.94. The van der Waals surface area contributed by atoms with Crippen LogP contribution in [0.4, 0.5) is 5.69 Å². The van der Waals surface area contributed by atoms with Crippen molar-refractivity contribution in [3.63, 3.8) is 0 Å². The minimum Gasteiger partial charge on any atom is -0.463 e. The fraction of sp³-hybridized carbons (Fsp3) is 0.179. The number of esters is 1. The van der Waals surface area contributed by atoms with Crippen LogP contribution in [0, 0.1) is 0 Å². The van der Waals surface area contributed by atoms with E-state index in [4.69, 9.17) is 9.73 Å². The molecule has 6 nitrogen and oxygen atoms in total. The van der Waals surface area contributed by atoms with Crippen molar-refractivity contribution >= 4 is 62.0 Å². The molecular formula is C28H24BrN3O3S2. The zero-order chi connectivity index (χ0) is 26.1. The molecule has 9 heteroatoms. The number of carbonyl (C=O) groups is 1. The molecule has 4 aromatic rings. The van der Waals surface area contributed by atoms with E-state index in [2.05, 4.69) is 15.9 Å². The van der Waals surface area contributed by atoms with Crippen LogP contribution in [0.25, 0.3) is 11.8 Å². The van der Waals surface area contributed by atoms with E-state index in [9.17, 15) is 9.59 Å². The molecular weight excluding hydrogens is 570 g/mol. The van der Waals surface area contributed by atoms with Crippen LogP contribution < -0.4 is 19.8 Å². The summed E-state index contributed by atoms with van der Waals surface area (Å²) in [4.78, 5) is 35.5. The average Bonchev–Trinajstić information content (AvgIpc) is 3.52. The van der Waals surface area contributed by atoms with Gasteiger partial charge in [0.05, 0.1) is 28.1 Å². The predicted octanol–water partition coefficient (Wildman–Crippen LogP) is 4.83. The summed E-state index contributed by atoms with van der Waals surface area (Å²) in [6.45, 7) is 2.00. The number of fused-ring (bicyclic) bond motifs is 1. The maximum Gasteiger partial charge on any atom is 0.338 e. The van der Waals surface area contributed by atoms with Crippen LogP contribution in [-0.2, 0) is 9.53 Å². The van der Waals surface area contributed by atoms with Crippen LogP contribution in [0.2, 0.25) is 0 Å². The summed E-state index contributed by atoms with van der Waals surface area (Å²) in [7, 11) is 3.96. The second-order valence-corrected chi connectivity index (χ2v) is 11.4. The molecule has 0 N–H and O–H groups in total. The Morgan fingerprint density at radius 2 is 1.95 bits per heavy atom. The smallest absolute Gasteiger partial charge is 0.338 e. The van der Waals surface area contributed by atoms with Crippen molar-refractivity contribution < 1.29 is 9.53 Å². The van der Waals surface area contributed by atoms with Gasteiger partial charge in [-0.15, -0.1) is 11.3 Å². The Kier molecular flexibility index (Phi) is 7.28. The molecule has 1 aliphatic heterocycles. The molecule has 0 fully saturated rings. The number of nitrogens with zero attached hydrogens (tertiary/aromatic N) is 3. The first-order valence-corrected chi connectivity index (χ1v) is 14.2. The summed E-state index contributed by atoms with van der Waals surface area (Å²) in [6, 6.07) is 18.8. The van der Waals surface area contributed by atoms with Crippen LogP contribution in [0.1, 0.15) is 29.0 Å². The Morgan fingerprint density at radius 3 is 2.59 bits per heavy atom. The minimum absolute atomic E-state index is 0.191. The van der Waals surface area contributed by atoms with Crippen molar-refractivity contribution in [1.82, 2.24) is 4.57 Å². The van der Waals surface area contributed by atoms with E-state index in [1.54, 1.807) is 11.5 Å². The van der Waals surface area contributed by atoms with Crippen molar-refractivity contribution in [1.29, 1.82) is 0 Å². The molecule has 0 radical (unpaired) electrons. The molecule has 0 bridgehead atoms. The molecule has 1 atom stereocenters. The van der Waals surface area contributed by atoms with Crippen molar-refractivity contribution in [2.75, 3.05) is 25.6 Å². The van der Waals surface area contributed by atoms with E-state index in [-0.39, 0.29) is 12.2 Å². The largest absolute Gasteiger partial charge is 0.463 e. The molecule has 188 valence electrons. The third-order valence-corrected chi connectivity index (χ3v) is 8.48. The summed E-state index contributed by atoms with van der Waals surface area (Å²) in [5.41, 5.74) is 3.44. The van der Waals surface area contributed by atoms with Gasteiger partial charge in [-0.05, 0) is 58.1 Å². The van der Waals surface area contributed by atoms with Crippen LogP contribution in [0.5, 0.6) is 0 Å². The third-order valence-electron chi connectivity index (χ3n) is 5.94. The van der Waals surface area contributed by atoms with Gasteiger partial charge in [-0.25, -0.2) is 9.79 Å². The molecule has 2 aromatic carbocycles. The first kappa shape index (κ1) is 25.4. The van der Waals surface area contributed by atoms with Crippen LogP contribution in [0.15, 0.2) is 85.9 Å². The molecule has 37 heavy (non-hydrogen) atoms. The first-order chi connectivity index (χ1) is 17.9. The number of aromatic nitrogens is 1. The number of hydrogen-bond donors (Lipinski definition) is 0. The lowest BCUT2D eigenvalue weighted by Crippen LogP contribution is -2.39. The average molecular weight is 595 g/mol. The standard InChI is InChI=1S/C28H24BrN3O3S2/c1-4-35-27(34)23-24(18-9-6-5-7-10-18)30-28-32(25(23)21-11-8-14-36-21)26(33)22(37-28)16-17-12-13-20(31(2)3)19(29)15-17/h5-16,25H,4H2,1-3H3/b22-16-/t25-/m0/s1. The van der Waals surface area contributed by atoms with Gasteiger partial charge in [0.2, 0.25) is 0 Å². The Labute approximate surface area is 230 Å². The number of halogens is 1. The summed E-state index contributed by atoms with van der Waals surface area (Å²) in [6.07, 6.45) is 1.87. The van der Waals surface area contributed by atoms with Gasteiger partial charge in [-0.1, -0.05) is 53.8 Å². The van der Waals surface area contributed by atoms with Gasteiger partial charge in [0.25, 0.3) is 5.56 Å².